The molecule has 0 radical (unpaired) electrons. The van der Waals surface area contributed by atoms with E-state index >= 15 is 0 Å². The van der Waals surface area contributed by atoms with Gasteiger partial charge in [-0.3, -0.25) is 14.3 Å². The first kappa shape index (κ1) is 26.8. The minimum Gasteiger partial charge on any atom is -0.464 e. The molecule has 1 N–H and O–H groups in total. The molecular formula is C29H35N5O5. The highest BCUT2D eigenvalue weighted by atomic mass is 16.5. The maximum atomic E-state index is 13.7. The zero-order chi connectivity index (χ0) is 27.5. The molecule has 10 heteroatoms. The molecule has 1 saturated heterocycles. The van der Waals surface area contributed by atoms with Gasteiger partial charge >= 0.3 is 5.97 Å². The summed E-state index contributed by atoms with van der Waals surface area (Å²) in [6.07, 6.45) is 7.44. The van der Waals surface area contributed by atoms with Crippen molar-refractivity contribution in [3.05, 3.63) is 53.5 Å². The van der Waals surface area contributed by atoms with Gasteiger partial charge in [0.1, 0.15) is 0 Å². The topological polar surface area (TPSA) is 117 Å². The molecule has 5 rings (SSSR count). The molecule has 3 heterocycles. The predicted octanol–water partition coefficient (Wildman–Crippen LogP) is 4.71. The second-order valence-corrected chi connectivity index (χ2v) is 10.4. The standard InChI is InChI=1S/C29H35N5O5/c1-18-16-24(34(32-18)25-10-6-7-15-39-25)19-11-13-20(14-12-19)27(35)21-8-4-5-9-22(21)28(36)31-23-17-30-33(2)26(23)29(37)38-3/h11-14,16-17,21-22,25H,4-10,15H2,1-3H3,(H,31,36)/t21-,22-,25?/m1/s1. The van der Waals surface area contributed by atoms with Crippen molar-refractivity contribution in [2.75, 3.05) is 19.0 Å². The summed E-state index contributed by atoms with van der Waals surface area (Å²) in [7, 11) is 2.88. The monoisotopic (exact) mass is 533 g/mol. The summed E-state index contributed by atoms with van der Waals surface area (Å²) in [5.74, 6) is -1.85. The molecule has 1 aliphatic heterocycles. The summed E-state index contributed by atoms with van der Waals surface area (Å²) in [5, 5.41) is 11.6. The second-order valence-electron chi connectivity index (χ2n) is 10.4. The van der Waals surface area contributed by atoms with Gasteiger partial charge < -0.3 is 14.8 Å². The number of rotatable bonds is 7. The van der Waals surface area contributed by atoms with E-state index in [0.29, 0.717) is 18.4 Å². The van der Waals surface area contributed by atoms with E-state index in [-0.39, 0.29) is 29.3 Å². The van der Waals surface area contributed by atoms with Gasteiger partial charge in [-0.05, 0) is 50.7 Å². The number of Topliss-reactive ketones (excluding diaryl/α,β-unsaturated/α-hetero) is 1. The molecule has 1 unspecified atom stereocenters. The van der Waals surface area contributed by atoms with E-state index in [1.54, 1.807) is 7.05 Å². The van der Waals surface area contributed by atoms with Crippen molar-refractivity contribution < 1.29 is 23.9 Å². The zero-order valence-corrected chi connectivity index (χ0v) is 22.7. The molecule has 39 heavy (non-hydrogen) atoms. The third kappa shape index (κ3) is 5.52. The molecule has 3 aromatic rings. The number of ketones is 1. The summed E-state index contributed by atoms with van der Waals surface area (Å²) in [4.78, 5) is 39.2. The van der Waals surface area contributed by atoms with Crippen LogP contribution in [-0.2, 0) is 21.3 Å². The number of nitrogens with one attached hydrogen (secondary N) is 1. The first-order chi connectivity index (χ1) is 18.9. The minimum absolute atomic E-state index is 0.0407. The molecule has 1 aliphatic carbocycles. The first-order valence-electron chi connectivity index (χ1n) is 13.6. The summed E-state index contributed by atoms with van der Waals surface area (Å²) >= 11 is 0. The van der Waals surface area contributed by atoms with Crippen LogP contribution in [0.4, 0.5) is 5.69 Å². The van der Waals surface area contributed by atoms with Gasteiger partial charge in [-0.1, -0.05) is 37.1 Å². The lowest BCUT2D eigenvalue weighted by atomic mass is 9.75. The van der Waals surface area contributed by atoms with Crippen LogP contribution in [0.1, 0.15) is 77.7 Å². The molecule has 2 aromatic heterocycles. The van der Waals surface area contributed by atoms with Crippen LogP contribution >= 0.6 is 0 Å². The zero-order valence-electron chi connectivity index (χ0n) is 22.7. The molecule has 10 nitrogen and oxygen atoms in total. The van der Waals surface area contributed by atoms with Crippen LogP contribution in [0.2, 0.25) is 0 Å². The van der Waals surface area contributed by atoms with Crippen LogP contribution in [0.15, 0.2) is 36.5 Å². The Morgan fingerprint density at radius 2 is 1.74 bits per heavy atom. The van der Waals surface area contributed by atoms with E-state index in [2.05, 4.69) is 15.5 Å². The molecular weight excluding hydrogens is 498 g/mol. The fraction of sp³-hybridized carbons (Fsp3) is 0.483. The number of anilines is 1. The number of benzene rings is 1. The summed E-state index contributed by atoms with van der Waals surface area (Å²) in [5.41, 5.74) is 3.87. The van der Waals surface area contributed by atoms with E-state index in [1.165, 1.54) is 18.0 Å². The van der Waals surface area contributed by atoms with Crippen molar-refractivity contribution in [1.82, 2.24) is 19.6 Å². The van der Waals surface area contributed by atoms with Gasteiger partial charge in [0.25, 0.3) is 0 Å². The normalized spacial score (nSPS) is 21.4. The molecule has 206 valence electrons. The quantitative estimate of drug-likeness (QED) is 0.345. The van der Waals surface area contributed by atoms with Crippen molar-refractivity contribution in [3.8, 4) is 11.3 Å². The van der Waals surface area contributed by atoms with Gasteiger partial charge in [-0.2, -0.15) is 10.2 Å². The first-order valence-corrected chi connectivity index (χ1v) is 13.6. The van der Waals surface area contributed by atoms with Gasteiger partial charge in [-0.15, -0.1) is 0 Å². The van der Waals surface area contributed by atoms with Crippen LogP contribution in [0.3, 0.4) is 0 Å². The molecule has 1 amide bonds. The van der Waals surface area contributed by atoms with Crippen LogP contribution in [0, 0.1) is 18.8 Å². The molecule has 0 spiro atoms. The lowest BCUT2D eigenvalue weighted by molar-refractivity contribution is -0.122. The van der Waals surface area contributed by atoms with E-state index in [0.717, 1.165) is 55.7 Å². The van der Waals surface area contributed by atoms with E-state index in [9.17, 15) is 14.4 Å². The van der Waals surface area contributed by atoms with E-state index in [4.69, 9.17) is 9.47 Å². The maximum absolute atomic E-state index is 13.7. The number of aromatic nitrogens is 4. The SMILES string of the molecule is COC(=O)c1c(NC(=O)[C@@H]2CCCC[C@H]2C(=O)c2ccc(-c3cc(C)nn3C3CCCCO3)cc2)cnn1C. The Bertz CT molecular complexity index is 1350. The Kier molecular flexibility index (Phi) is 7.92. The van der Waals surface area contributed by atoms with Crippen LogP contribution in [-0.4, -0.2) is 50.9 Å². The molecule has 2 fully saturated rings. The van der Waals surface area contributed by atoms with Gasteiger partial charge in [0, 0.05) is 31.1 Å². The number of nitrogens with zero attached hydrogens (tertiary/aromatic N) is 4. The second kappa shape index (κ2) is 11.5. The number of carbonyl (C=O) groups excluding carboxylic acids is 3. The Morgan fingerprint density at radius 1 is 1.03 bits per heavy atom. The Morgan fingerprint density at radius 3 is 2.44 bits per heavy atom. The summed E-state index contributed by atoms with van der Waals surface area (Å²) in [6.45, 7) is 2.70. The summed E-state index contributed by atoms with van der Waals surface area (Å²) in [6, 6.07) is 9.61. The van der Waals surface area contributed by atoms with Crippen LogP contribution in [0.25, 0.3) is 11.3 Å². The fourth-order valence-corrected chi connectivity index (χ4v) is 5.74. The fourth-order valence-electron chi connectivity index (χ4n) is 5.74. The van der Waals surface area contributed by atoms with Crippen molar-refractivity contribution in [2.24, 2.45) is 18.9 Å². The Hall–Kier alpha value is -3.79. The highest BCUT2D eigenvalue weighted by Gasteiger charge is 2.37. The van der Waals surface area contributed by atoms with E-state index in [1.807, 2.05) is 41.9 Å². The Labute approximate surface area is 227 Å². The average molecular weight is 534 g/mol. The maximum Gasteiger partial charge on any atom is 0.358 e. The van der Waals surface area contributed by atoms with Crippen molar-refractivity contribution >= 4 is 23.3 Å². The van der Waals surface area contributed by atoms with E-state index < -0.39 is 17.8 Å². The van der Waals surface area contributed by atoms with Crippen LogP contribution < -0.4 is 5.32 Å². The molecule has 0 bridgehead atoms. The van der Waals surface area contributed by atoms with Crippen LogP contribution in [0.5, 0.6) is 0 Å². The number of amides is 1. The van der Waals surface area contributed by atoms with Crippen molar-refractivity contribution in [1.29, 1.82) is 0 Å². The van der Waals surface area contributed by atoms with Gasteiger partial charge in [-0.25, -0.2) is 9.48 Å². The highest BCUT2D eigenvalue weighted by Crippen LogP contribution is 2.35. The number of hydrogen-bond donors (Lipinski definition) is 1. The minimum atomic E-state index is -0.590. The lowest BCUT2D eigenvalue weighted by Gasteiger charge is -2.29. The lowest BCUT2D eigenvalue weighted by Crippen LogP contribution is -2.36. The third-order valence-electron chi connectivity index (χ3n) is 7.77. The molecule has 3 atom stereocenters. The number of ether oxygens (including phenoxy) is 2. The Balaban J connectivity index is 1.33. The van der Waals surface area contributed by atoms with Crippen molar-refractivity contribution in [3.63, 3.8) is 0 Å². The smallest absolute Gasteiger partial charge is 0.358 e. The third-order valence-corrected chi connectivity index (χ3v) is 7.77. The van der Waals surface area contributed by atoms with Gasteiger partial charge in [0.2, 0.25) is 5.91 Å². The molecule has 1 saturated carbocycles. The number of carbonyl (C=O) groups is 3. The average Bonchev–Trinajstić information content (AvgIpc) is 3.54. The molecule has 2 aliphatic rings. The number of methoxy groups -OCH3 is 1. The van der Waals surface area contributed by atoms with Gasteiger partial charge in [0.05, 0.1) is 30.4 Å². The largest absolute Gasteiger partial charge is 0.464 e. The number of hydrogen-bond acceptors (Lipinski definition) is 7. The number of esters is 1. The predicted molar refractivity (Wildman–Crippen MR) is 144 cm³/mol. The molecule has 1 aromatic carbocycles. The number of aryl methyl sites for hydroxylation is 2. The summed E-state index contributed by atoms with van der Waals surface area (Å²) < 4.78 is 14.1. The van der Waals surface area contributed by atoms with Gasteiger partial charge in [0.15, 0.2) is 17.7 Å². The highest BCUT2D eigenvalue weighted by molar-refractivity contribution is 6.05. The van der Waals surface area contributed by atoms with Crippen molar-refractivity contribution in [2.45, 2.75) is 58.1 Å².